The zero-order chi connectivity index (χ0) is 9.68. The number of rotatable bonds is 5. The summed E-state index contributed by atoms with van der Waals surface area (Å²) in [7, 11) is 3.64. The zero-order valence-electron chi connectivity index (χ0n) is 8.45. The van der Waals surface area contributed by atoms with Crippen LogP contribution in [0.15, 0.2) is 12.3 Å². The predicted molar refractivity (Wildman–Crippen MR) is 51.7 cm³/mol. The average Bonchev–Trinajstić information content (AvgIpc) is 2.50. The van der Waals surface area contributed by atoms with E-state index in [0.717, 1.165) is 12.2 Å². The summed E-state index contributed by atoms with van der Waals surface area (Å²) in [4.78, 5) is 0. The summed E-state index contributed by atoms with van der Waals surface area (Å²) in [5.41, 5.74) is 1.05. The molecule has 1 atom stereocenters. The van der Waals surface area contributed by atoms with Gasteiger partial charge in [-0.3, -0.25) is 4.68 Å². The van der Waals surface area contributed by atoms with Crippen molar-refractivity contribution in [3.05, 3.63) is 18.0 Å². The highest BCUT2D eigenvalue weighted by atomic mass is 16.5. The van der Waals surface area contributed by atoms with Gasteiger partial charge in [-0.05, 0) is 20.0 Å². The minimum absolute atomic E-state index is 0.323. The fourth-order valence-electron chi connectivity index (χ4n) is 1.22. The summed E-state index contributed by atoms with van der Waals surface area (Å²) >= 11 is 0. The molecule has 1 N–H and O–H groups in total. The molecule has 0 aliphatic heterocycles. The van der Waals surface area contributed by atoms with Gasteiger partial charge >= 0.3 is 0 Å². The van der Waals surface area contributed by atoms with Crippen LogP contribution in [0, 0.1) is 6.92 Å². The lowest BCUT2D eigenvalue weighted by Gasteiger charge is -2.14. The van der Waals surface area contributed by atoms with E-state index in [-0.39, 0.29) is 0 Å². The molecule has 74 valence electrons. The standard InChI is InChI=1S/C9H17N3O/c1-8-4-5-12(11-8)6-9(10-2)7-13-3/h4-5,9-10H,6-7H2,1-3H3. The Kier molecular flexibility index (Phi) is 3.92. The van der Waals surface area contributed by atoms with Crippen LogP contribution in [0.1, 0.15) is 5.69 Å². The quantitative estimate of drug-likeness (QED) is 0.719. The van der Waals surface area contributed by atoms with Gasteiger partial charge < -0.3 is 10.1 Å². The molecule has 0 radical (unpaired) electrons. The van der Waals surface area contributed by atoms with Gasteiger partial charge in [-0.1, -0.05) is 0 Å². The van der Waals surface area contributed by atoms with E-state index in [1.165, 1.54) is 0 Å². The second kappa shape index (κ2) is 4.99. The Balaban J connectivity index is 2.46. The minimum atomic E-state index is 0.323. The third kappa shape index (κ3) is 3.16. The number of nitrogens with zero attached hydrogens (tertiary/aromatic N) is 2. The van der Waals surface area contributed by atoms with Crippen molar-refractivity contribution >= 4 is 0 Å². The molecule has 1 aromatic rings. The molecule has 0 fully saturated rings. The van der Waals surface area contributed by atoms with Crippen molar-refractivity contribution in [3.8, 4) is 0 Å². The molecule has 4 heteroatoms. The van der Waals surface area contributed by atoms with Gasteiger partial charge in [0.05, 0.1) is 18.8 Å². The van der Waals surface area contributed by atoms with Crippen LogP contribution in [0.3, 0.4) is 0 Å². The highest BCUT2D eigenvalue weighted by Crippen LogP contribution is 1.95. The van der Waals surface area contributed by atoms with E-state index < -0.39 is 0 Å². The largest absolute Gasteiger partial charge is 0.383 e. The monoisotopic (exact) mass is 183 g/mol. The molecule has 0 amide bonds. The zero-order valence-corrected chi connectivity index (χ0v) is 8.45. The van der Waals surface area contributed by atoms with Crippen LogP contribution in [0.25, 0.3) is 0 Å². The lowest BCUT2D eigenvalue weighted by Crippen LogP contribution is -2.34. The second-order valence-corrected chi connectivity index (χ2v) is 3.12. The van der Waals surface area contributed by atoms with Gasteiger partial charge in [0, 0.05) is 19.3 Å². The first kappa shape index (κ1) is 10.2. The lowest BCUT2D eigenvalue weighted by atomic mass is 10.3. The molecular weight excluding hydrogens is 166 g/mol. The Morgan fingerprint density at radius 1 is 1.69 bits per heavy atom. The van der Waals surface area contributed by atoms with E-state index >= 15 is 0 Å². The Hall–Kier alpha value is -0.870. The predicted octanol–water partition coefficient (Wildman–Crippen LogP) is 0.426. The van der Waals surface area contributed by atoms with E-state index in [1.807, 2.05) is 30.9 Å². The third-order valence-electron chi connectivity index (χ3n) is 1.96. The van der Waals surface area contributed by atoms with E-state index in [9.17, 15) is 0 Å². The molecule has 1 aromatic heterocycles. The van der Waals surface area contributed by atoms with Crippen LogP contribution in [-0.4, -0.2) is 36.6 Å². The molecule has 0 aromatic carbocycles. The second-order valence-electron chi connectivity index (χ2n) is 3.12. The number of ether oxygens (including phenoxy) is 1. The molecule has 4 nitrogen and oxygen atoms in total. The minimum Gasteiger partial charge on any atom is -0.383 e. The summed E-state index contributed by atoms with van der Waals surface area (Å²) in [6.07, 6.45) is 1.98. The Morgan fingerprint density at radius 3 is 2.92 bits per heavy atom. The van der Waals surface area contributed by atoms with Crippen molar-refractivity contribution in [1.82, 2.24) is 15.1 Å². The Morgan fingerprint density at radius 2 is 2.46 bits per heavy atom. The first-order valence-corrected chi connectivity index (χ1v) is 4.42. The lowest BCUT2D eigenvalue weighted by molar-refractivity contribution is 0.160. The van der Waals surface area contributed by atoms with E-state index in [0.29, 0.717) is 12.6 Å². The Bertz CT molecular complexity index is 247. The molecule has 0 spiro atoms. The summed E-state index contributed by atoms with van der Waals surface area (Å²) in [5.74, 6) is 0. The molecule has 0 bridgehead atoms. The molecule has 0 aliphatic rings. The van der Waals surface area contributed by atoms with E-state index in [2.05, 4.69) is 10.4 Å². The summed E-state index contributed by atoms with van der Waals surface area (Å²) < 4.78 is 7.00. The SMILES string of the molecule is CNC(COC)Cn1ccc(C)n1. The Labute approximate surface area is 78.9 Å². The number of hydrogen-bond acceptors (Lipinski definition) is 3. The maximum atomic E-state index is 5.07. The van der Waals surface area contributed by atoms with Crippen LogP contribution >= 0.6 is 0 Å². The number of aromatic nitrogens is 2. The van der Waals surface area contributed by atoms with Crippen LogP contribution in [0.2, 0.25) is 0 Å². The maximum Gasteiger partial charge on any atom is 0.0633 e. The average molecular weight is 183 g/mol. The highest BCUT2D eigenvalue weighted by molar-refractivity contribution is 4.95. The number of aryl methyl sites for hydroxylation is 1. The molecule has 0 saturated carbocycles. The van der Waals surface area contributed by atoms with Crippen LogP contribution in [-0.2, 0) is 11.3 Å². The summed E-state index contributed by atoms with van der Waals surface area (Å²) in [5, 5.41) is 7.48. The van der Waals surface area contributed by atoms with Gasteiger partial charge in [-0.2, -0.15) is 5.10 Å². The van der Waals surface area contributed by atoms with E-state index in [1.54, 1.807) is 7.11 Å². The first-order chi connectivity index (χ1) is 6.26. The van der Waals surface area contributed by atoms with Gasteiger partial charge in [0.2, 0.25) is 0 Å². The summed E-state index contributed by atoms with van der Waals surface area (Å²) in [6, 6.07) is 2.32. The van der Waals surface area contributed by atoms with Gasteiger partial charge in [0.25, 0.3) is 0 Å². The van der Waals surface area contributed by atoms with Crippen LogP contribution in [0.5, 0.6) is 0 Å². The molecule has 1 unspecified atom stereocenters. The fourth-order valence-corrected chi connectivity index (χ4v) is 1.22. The van der Waals surface area contributed by atoms with Crippen molar-refractivity contribution in [3.63, 3.8) is 0 Å². The van der Waals surface area contributed by atoms with Gasteiger partial charge in [0.1, 0.15) is 0 Å². The first-order valence-electron chi connectivity index (χ1n) is 4.42. The van der Waals surface area contributed by atoms with Crippen molar-refractivity contribution in [2.45, 2.75) is 19.5 Å². The number of nitrogens with one attached hydrogen (secondary N) is 1. The molecule has 1 heterocycles. The highest BCUT2D eigenvalue weighted by Gasteiger charge is 2.06. The molecule has 0 saturated heterocycles. The van der Waals surface area contributed by atoms with Crippen molar-refractivity contribution < 1.29 is 4.74 Å². The van der Waals surface area contributed by atoms with Crippen molar-refractivity contribution in [2.24, 2.45) is 0 Å². The number of methoxy groups -OCH3 is 1. The van der Waals surface area contributed by atoms with Gasteiger partial charge in [-0.25, -0.2) is 0 Å². The van der Waals surface area contributed by atoms with E-state index in [4.69, 9.17) is 4.74 Å². The van der Waals surface area contributed by atoms with Gasteiger partial charge in [-0.15, -0.1) is 0 Å². The topological polar surface area (TPSA) is 39.1 Å². The van der Waals surface area contributed by atoms with Crippen LogP contribution < -0.4 is 5.32 Å². The molecule has 13 heavy (non-hydrogen) atoms. The van der Waals surface area contributed by atoms with Crippen LogP contribution in [0.4, 0.5) is 0 Å². The molecular formula is C9H17N3O. The molecule has 1 rings (SSSR count). The van der Waals surface area contributed by atoms with Crippen molar-refractivity contribution in [1.29, 1.82) is 0 Å². The number of hydrogen-bond donors (Lipinski definition) is 1. The fraction of sp³-hybridized carbons (Fsp3) is 0.667. The smallest absolute Gasteiger partial charge is 0.0633 e. The third-order valence-corrected chi connectivity index (χ3v) is 1.96. The maximum absolute atomic E-state index is 5.07. The summed E-state index contributed by atoms with van der Waals surface area (Å²) in [6.45, 7) is 3.54. The molecule has 0 aliphatic carbocycles. The normalized spacial score (nSPS) is 13.2. The van der Waals surface area contributed by atoms with Crippen molar-refractivity contribution in [2.75, 3.05) is 20.8 Å². The number of likely N-dealkylation sites (N-methyl/N-ethyl adjacent to an activating group) is 1. The van der Waals surface area contributed by atoms with Gasteiger partial charge in [0.15, 0.2) is 0 Å².